The molecule has 0 radical (unpaired) electrons. The van der Waals surface area contributed by atoms with E-state index in [-0.39, 0.29) is 11.1 Å². The maximum atomic E-state index is 7.45. The fourth-order valence-electron chi connectivity index (χ4n) is 1.94. The second-order valence-corrected chi connectivity index (χ2v) is 5.16. The molecule has 2 aromatic rings. The van der Waals surface area contributed by atoms with E-state index in [0.717, 1.165) is 11.1 Å². The summed E-state index contributed by atoms with van der Waals surface area (Å²) in [6.07, 6.45) is 3.15. The highest BCUT2D eigenvalue weighted by Crippen LogP contribution is 2.20. The third-order valence-electron chi connectivity index (χ3n) is 3.15. The topological polar surface area (TPSA) is 28.0 Å². The van der Waals surface area contributed by atoms with Gasteiger partial charge in [0.05, 0.1) is 24.1 Å². The predicted molar refractivity (Wildman–Crippen MR) is 95.9 cm³/mol. The van der Waals surface area contributed by atoms with E-state index in [1.807, 2.05) is 13.8 Å². The summed E-state index contributed by atoms with van der Waals surface area (Å²) in [5, 5.41) is 0. The highest BCUT2D eigenvalue weighted by atomic mass is 15.1. The van der Waals surface area contributed by atoms with Gasteiger partial charge in [-0.25, -0.2) is 9.98 Å². The molecule has 0 aliphatic carbocycles. The first kappa shape index (κ1) is 9.57. The Labute approximate surface area is 141 Å². The molecule has 3 nitrogen and oxygen atoms in total. The summed E-state index contributed by atoms with van der Waals surface area (Å²) in [5.74, 6) is 0. The van der Waals surface area contributed by atoms with Crippen LogP contribution in [0.3, 0.4) is 0 Å². The minimum atomic E-state index is -2.14. The molecule has 0 aromatic heterocycles. The van der Waals surface area contributed by atoms with Crippen LogP contribution in [0.1, 0.15) is 30.5 Å². The molecular weight excluding hydrogens is 270 g/mol. The average molecular weight is 299 g/mol. The van der Waals surface area contributed by atoms with Crippen molar-refractivity contribution in [1.29, 1.82) is 0 Å². The van der Waals surface area contributed by atoms with E-state index in [1.165, 1.54) is 0 Å². The quantitative estimate of drug-likeness (QED) is 0.584. The SMILES string of the molecule is [2H]C([2H])([2H])c1ccc(N=CN(C)C=Nc2ccc(C([2H])([2H])[2H])cc2C)c(C)c1. The summed E-state index contributed by atoms with van der Waals surface area (Å²) in [7, 11) is 1.77. The highest BCUT2D eigenvalue weighted by Gasteiger charge is 1.97. The number of benzene rings is 2. The molecular formula is C19H23N3. The van der Waals surface area contributed by atoms with E-state index in [9.17, 15) is 0 Å². The predicted octanol–water partition coefficient (Wildman–Crippen LogP) is 4.87. The molecule has 0 bridgehead atoms. The minimum absolute atomic E-state index is 0.287. The second kappa shape index (κ2) is 7.03. The second-order valence-electron chi connectivity index (χ2n) is 5.16. The van der Waals surface area contributed by atoms with E-state index >= 15 is 0 Å². The van der Waals surface area contributed by atoms with Crippen LogP contribution in [0.5, 0.6) is 0 Å². The Morgan fingerprint density at radius 1 is 0.864 bits per heavy atom. The lowest BCUT2D eigenvalue weighted by Crippen LogP contribution is -2.12. The van der Waals surface area contributed by atoms with Gasteiger partial charge in [0, 0.05) is 15.3 Å². The van der Waals surface area contributed by atoms with E-state index in [0.29, 0.717) is 11.4 Å². The molecule has 0 heterocycles. The minimum Gasteiger partial charge on any atom is -0.326 e. The number of nitrogens with zero attached hydrogens (tertiary/aromatic N) is 3. The van der Waals surface area contributed by atoms with Crippen LogP contribution in [-0.2, 0) is 0 Å². The molecule has 2 rings (SSSR count). The summed E-state index contributed by atoms with van der Waals surface area (Å²) in [6, 6.07) is 9.69. The van der Waals surface area contributed by atoms with E-state index in [1.54, 1.807) is 61.0 Å². The van der Waals surface area contributed by atoms with Crippen molar-refractivity contribution in [3.05, 3.63) is 58.7 Å². The molecule has 0 saturated carbocycles. The van der Waals surface area contributed by atoms with Gasteiger partial charge in [-0.2, -0.15) is 0 Å². The van der Waals surface area contributed by atoms with Gasteiger partial charge in [0.2, 0.25) is 0 Å². The van der Waals surface area contributed by atoms with Crippen LogP contribution in [0.4, 0.5) is 11.4 Å². The van der Waals surface area contributed by atoms with Crippen molar-refractivity contribution in [3.8, 4) is 0 Å². The van der Waals surface area contributed by atoms with Crippen molar-refractivity contribution < 1.29 is 8.22 Å². The van der Waals surface area contributed by atoms with Crippen LogP contribution in [0.25, 0.3) is 0 Å². The zero-order chi connectivity index (χ0) is 21.1. The van der Waals surface area contributed by atoms with Crippen LogP contribution < -0.4 is 0 Å². The van der Waals surface area contributed by atoms with Crippen molar-refractivity contribution in [2.75, 3.05) is 7.05 Å². The standard InChI is InChI=1S/C19H23N3/c1-14-6-8-18(16(3)10-14)20-12-22(5)13-21-19-9-7-15(2)11-17(19)4/h6-13H,1-5H3/i1D3,2D3. The molecule has 0 N–H and O–H groups in total. The van der Waals surface area contributed by atoms with Gasteiger partial charge >= 0.3 is 0 Å². The summed E-state index contributed by atoms with van der Waals surface area (Å²) in [5.41, 5.74) is 3.46. The molecule has 22 heavy (non-hydrogen) atoms. The largest absolute Gasteiger partial charge is 0.326 e. The van der Waals surface area contributed by atoms with Gasteiger partial charge in [-0.15, -0.1) is 0 Å². The lowest BCUT2D eigenvalue weighted by molar-refractivity contribution is 0.801. The Bertz CT molecular complexity index is 824. The Morgan fingerprint density at radius 2 is 1.32 bits per heavy atom. The van der Waals surface area contributed by atoms with Crippen LogP contribution in [0, 0.1) is 27.6 Å². The molecule has 2 aromatic carbocycles. The van der Waals surface area contributed by atoms with Gasteiger partial charge in [-0.3, -0.25) is 0 Å². The van der Waals surface area contributed by atoms with Crippen LogP contribution in [-0.4, -0.2) is 24.6 Å². The Morgan fingerprint density at radius 3 is 1.68 bits per heavy atom. The number of hydrogen-bond acceptors (Lipinski definition) is 2. The maximum Gasteiger partial charge on any atom is 0.0961 e. The lowest BCUT2D eigenvalue weighted by Gasteiger charge is -2.07. The Balaban J connectivity index is 2.11. The van der Waals surface area contributed by atoms with E-state index in [4.69, 9.17) is 8.22 Å². The number of aryl methyl sites for hydroxylation is 4. The molecule has 0 saturated heterocycles. The van der Waals surface area contributed by atoms with Crippen LogP contribution >= 0.6 is 0 Å². The van der Waals surface area contributed by atoms with Gasteiger partial charge in [0.15, 0.2) is 0 Å². The first-order valence-electron chi connectivity index (χ1n) is 9.90. The third kappa shape index (κ3) is 4.29. The lowest BCUT2D eigenvalue weighted by atomic mass is 10.1. The maximum absolute atomic E-state index is 7.45. The van der Waals surface area contributed by atoms with Crippen molar-refractivity contribution in [1.82, 2.24) is 4.90 Å². The van der Waals surface area contributed by atoms with Gasteiger partial charge in [0.1, 0.15) is 0 Å². The first-order valence-corrected chi connectivity index (χ1v) is 6.90. The normalized spacial score (nSPS) is 16.7. The fourth-order valence-corrected chi connectivity index (χ4v) is 1.94. The summed E-state index contributed by atoms with van der Waals surface area (Å²) < 4.78 is 44.7. The van der Waals surface area contributed by atoms with Crippen molar-refractivity contribution in [2.45, 2.75) is 27.6 Å². The molecule has 0 atom stereocenters. The molecule has 0 fully saturated rings. The van der Waals surface area contributed by atoms with Crippen LogP contribution in [0.2, 0.25) is 0 Å². The molecule has 0 aliphatic heterocycles. The number of hydrogen-bond donors (Lipinski definition) is 0. The molecule has 0 spiro atoms. The van der Waals surface area contributed by atoms with Crippen molar-refractivity contribution >= 4 is 24.1 Å². The molecule has 0 amide bonds. The van der Waals surface area contributed by atoms with Gasteiger partial charge in [-0.05, 0) is 50.8 Å². The smallest absolute Gasteiger partial charge is 0.0961 e. The van der Waals surface area contributed by atoms with E-state index in [2.05, 4.69) is 9.98 Å². The number of rotatable bonds is 4. The monoisotopic (exact) mass is 299 g/mol. The molecule has 0 aliphatic rings. The summed E-state index contributed by atoms with van der Waals surface area (Å²) >= 11 is 0. The highest BCUT2D eigenvalue weighted by molar-refractivity contribution is 5.78. The Hall–Kier alpha value is -2.42. The number of aliphatic imine (C=N–C) groups is 2. The van der Waals surface area contributed by atoms with Gasteiger partial charge in [-0.1, -0.05) is 35.4 Å². The fraction of sp³-hybridized carbons (Fsp3) is 0.263. The zero-order valence-corrected chi connectivity index (χ0v) is 13.0. The molecule has 3 heteroatoms. The third-order valence-corrected chi connectivity index (χ3v) is 3.15. The molecule has 0 unspecified atom stereocenters. The zero-order valence-electron chi connectivity index (χ0n) is 19.0. The van der Waals surface area contributed by atoms with Gasteiger partial charge in [0.25, 0.3) is 0 Å². The van der Waals surface area contributed by atoms with Gasteiger partial charge < -0.3 is 4.90 Å². The summed E-state index contributed by atoms with van der Waals surface area (Å²) in [6.45, 7) is -0.648. The molecule has 114 valence electrons. The van der Waals surface area contributed by atoms with Crippen molar-refractivity contribution in [2.24, 2.45) is 9.98 Å². The average Bonchev–Trinajstić information content (AvgIpc) is 2.57. The van der Waals surface area contributed by atoms with E-state index < -0.39 is 13.7 Å². The summed E-state index contributed by atoms with van der Waals surface area (Å²) in [4.78, 5) is 10.4. The first-order chi connectivity index (χ1) is 12.9. The Kier molecular flexibility index (Phi) is 3.06. The van der Waals surface area contributed by atoms with Crippen LogP contribution in [0.15, 0.2) is 46.4 Å². The van der Waals surface area contributed by atoms with Crippen molar-refractivity contribution in [3.63, 3.8) is 0 Å².